The summed E-state index contributed by atoms with van der Waals surface area (Å²) in [5.74, 6) is 0.261. The summed E-state index contributed by atoms with van der Waals surface area (Å²) in [6, 6.07) is 3.47. The molecule has 0 unspecified atom stereocenters. The van der Waals surface area contributed by atoms with Crippen LogP contribution in [0, 0.1) is 0 Å². The zero-order valence-corrected chi connectivity index (χ0v) is 11.4. The highest BCUT2D eigenvalue weighted by Crippen LogP contribution is 2.18. The van der Waals surface area contributed by atoms with Crippen LogP contribution in [0.4, 0.5) is 0 Å². The number of hydrogen-bond donors (Lipinski definition) is 1. The van der Waals surface area contributed by atoms with Crippen LogP contribution in [0.1, 0.15) is 6.42 Å². The molecule has 2 heterocycles. The first kappa shape index (κ1) is 13.0. The minimum atomic E-state index is -3.04. The van der Waals surface area contributed by atoms with Crippen LogP contribution in [0.5, 0.6) is 0 Å². The van der Waals surface area contributed by atoms with Gasteiger partial charge in [-0.3, -0.25) is 0 Å². The van der Waals surface area contributed by atoms with Gasteiger partial charge < -0.3 is 10.2 Å². The van der Waals surface area contributed by atoms with Crippen LogP contribution in [0.3, 0.4) is 0 Å². The van der Waals surface area contributed by atoms with Crippen molar-refractivity contribution in [2.45, 2.75) is 10.6 Å². The Labute approximate surface area is 107 Å². The third-order valence-electron chi connectivity index (χ3n) is 2.90. The fourth-order valence-electron chi connectivity index (χ4n) is 1.95. The summed E-state index contributed by atoms with van der Waals surface area (Å²) in [6.45, 7) is 4.96. The van der Waals surface area contributed by atoms with Crippen LogP contribution in [0.25, 0.3) is 0 Å². The Morgan fingerprint density at radius 2 is 2.12 bits per heavy atom. The van der Waals surface area contributed by atoms with Gasteiger partial charge in [-0.05, 0) is 24.4 Å². The largest absolute Gasteiger partial charge is 0.314 e. The van der Waals surface area contributed by atoms with Gasteiger partial charge in [0.25, 0.3) is 0 Å². The van der Waals surface area contributed by atoms with Gasteiger partial charge in [-0.15, -0.1) is 11.3 Å². The summed E-state index contributed by atoms with van der Waals surface area (Å²) in [5.41, 5.74) is 0. The van der Waals surface area contributed by atoms with Crippen molar-refractivity contribution >= 4 is 21.2 Å². The Morgan fingerprint density at radius 3 is 2.76 bits per heavy atom. The predicted octanol–water partition coefficient (Wildman–Crippen LogP) is 0.817. The maximum Gasteiger partial charge on any atom is 0.187 e. The molecule has 0 spiro atoms. The Bertz CT molecular complexity index is 422. The van der Waals surface area contributed by atoms with E-state index in [1.54, 1.807) is 12.1 Å². The van der Waals surface area contributed by atoms with Crippen molar-refractivity contribution in [3.05, 3.63) is 17.5 Å². The zero-order chi connectivity index (χ0) is 12.1. The number of rotatable bonds is 5. The normalized spacial score (nSPS) is 18.4. The maximum atomic E-state index is 11.9. The molecule has 1 N–H and O–H groups in total. The molecule has 1 fully saturated rings. The summed E-state index contributed by atoms with van der Waals surface area (Å²) in [7, 11) is -3.04. The number of sulfone groups is 1. The van der Waals surface area contributed by atoms with Crippen molar-refractivity contribution in [3.8, 4) is 0 Å². The van der Waals surface area contributed by atoms with Gasteiger partial charge in [0.05, 0.1) is 5.75 Å². The molecule has 1 aliphatic heterocycles. The predicted molar refractivity (Wildman–Crippen MR) is 70.3 cm³/mol. The van der Waals surface area contributed by atoms with Gasteiger partial charge in [-0.25, -0.2) is 8.42 Å². The molecule has 17 heavy (non-hydrogen) atoms. The summed E-state index contributed by atoms with van der Waals surface area (Å²) in [5, 5.41) is 5.09. The molecule has 0 aliphatic carbocycles. The molecule has 0 atom stereocenters. The van der Waals surface area contributed by atoms with E-state index in [4.69, 9.17) is 0 Å². The molecule has 1 saturated heterocycles. The number of nitrogens with one attached hydrogen (secondary N) is 1. The monoisotopic (exact) mass is 274 g/mol. The fourth-order valence-corrected chi connectivity index (χ4v) is 4.40. The number of thiophene rings is 1. The van der Waals surface area contributed by atoms with Crippen LogP contribution in [0.2, 0.25) is 0 Å². The minimum Gasteiger partial charge on any atom is -0.314 e. The highest BCUT2D eigenvalue weighted by atomic mass is 32.2. The van der Waals surface area contributed by atoms with Gasteiger partial charge in [0.15, 0.2) is 9.84 Å². The van der Waals surface area contributed by atoms with Gasteiger partial charge in [0.1, 0.15) is 4.21 Å². The second-order valence-electron chi connectivity index (χ2n) is 4.20. The van der Waals surface area contributed by atoms with E-state index in [2.05, 4.69) is 10.2 Å². The lowest BCUT2D eigenvalue weighted by Gasteiger charge is -2.26. The molecular formula is C11H18N2O2S2. The van der Waals surface area contributed by atoms with E-state index in [1.165, 1.54) is 11.3 Å². The van der Waals surface area contributed by atoms with Gasteiger partial charge in [-0.2, -0.15) is 0 Å². The lowest BCUT2D eigenvalue weighted by atomic mass is 10.3. The Balaban J connectivity index is 1.78. The second kappa shape index (κ2) is 5.95. The topological polar surface area (TPSA) is 49.4 Å². The molecule has 1 aliphatic rings. The molecule has 1 aromatic rings. The molecule has 0 amide bonds. The number of piperazine rings is 1. The minimum absolute atomic E-state index is 0.261. The molecule has 0 bridgehead atoms. The van der Waals surface area contributed by atoms with E-state index in [1.807, 2.05) is 5.38 Å². The van der Waals surface area contributed by atoms with Crippen LogP contribution in [-0.2, 0) is 9.84 Å². The smallest absolute Gasteiger partial charge is 0.187 e. The first-order chi connectivity index (χ1) is 8.18. The van der Waals surface area contributed by atoms with E-state index in [9.17, 15) is 8.42 Å². The van der Waals surface area contributed by atoms with E-state index in [0.717, 1.165) is 39.1 Å². The standard InChI is InChI=1S/C11H18N2O2S2/c14-17(15,11-3-1-9-16-11)10-2-6-13-7-4-12-5-8-13/h1,3,9,12H,2,4-8,10H2. The van der Waals surface area contributed by atoms with E-state index in [0.29, 0.717) is 4.21 Å². The number of hydrogen-bond acceptors (Lipinski definition) is 5. The van der Waals surface area contributed by atoms with Crippen LogP contribution in [-0.4, -0.2) is 51.8 Å². The summed E-state index contributed by atoms with van der Waals surface area (Å²) < 4.78 is 24.3. The van der Waals surface area contributed by atoms with Crippen LogP contribution in [0.15, 0.2) is 21.7 Å². The average molecular weight is 274 g/mol. The van der Waals surface area contributed by atoms with Crippen molar-refractivity contribution in [2.75, 3.05) is 38.5 Å². The molecular weight excluding hydrogens is 256 g/mol. The molecule has 2 rings (SSSR count). The van der Waals surface area contributed by atoms with Gasteiger partial charge in [-0.1, -0.05) is 6.07 Å². The summed E-state index contributed by atoms with van der Waals surface area (Å²) in [6.07, 6.45) is 0.722. The van der Waals surface area contributed by atoms with E-state index < -0.39 is 9.84 Å². The Morgan fingerprint density at radius 1 is 1.35 bits per heavy atom. The van der Waals surface area contributed by atoms with Crippen molar-refractivity contribution in [1.29, 1.82) is 0 Å². The average Bonchev–Trinajstić information content (AvgIpc) is 2.84. The molecule has 1 aromatic heterocycles. The van der Waals surface area contributed by atoms with Crippen molar-refractivity contribution < 1.29 is 8.42 Å². The summed E-state index contributed by atoms with van der Waals surface area (Å²) in [4.78, 5) is 2.32. The van der Waals surface area contributed by atoms with Crippen molar-refractivity contribution in [1.82, 2.24) is 10.2 Å². The molecule has 6 heteroatoms. The van der Waals surface area contributed by atoms with E-state index in [-0.39, 0.29) is 5.75 Å². The fraction of sp³-hybridized carbons (Fsp3) is 0.636. The quantitative estimate of drug-likeness (QED) is 0.863. The highest BCUT2D eigenvalue weighted by molar-refractivity contribution is 7.93. The van der Waals surface area contributed by atoms with Gasteiger partial charge in [0, 0.05) is 26.2 Å². The van der Waals surface area contributed by atoms with Gasteiger partial charge >= 0.3 is 0 Å². The van der Waals surface area contributed by atoms with Crippen molar-refractivity contribution in [2.24, 2.45) is 0 Å². The van der Waals surface area contributed by atoms with Crippen LogP contribution >= 0.6 is 11.3 Å². The third kappa shape index (κ3) is 3.77. The number of nitrogens with zero attached hydrogens (tertiary/aromatic N) is 1. The van der Waals surface area contributed by atoms with E-state index >= 15 is 0 Å². The molecule has 0 saturated carbocycles. The van der Waals surface area contributed by atoms with Crippen LogP contribution < -0.4 is 5.32 Å². The first-order valence-corrected chi connectivity index (χ1v) is 8.41. The molecule has 96 valence electrons. The highest BCUT2D eigenvalue weighted by Gasteiger charge is 2.16. The lowest BCUT2D eigenvalue weighted by Crippen LogP contribution is -2.44. The molecule has 0 aromatic carbocycles. The van der Waals surface area contributed by atoms with Gasteiger partial charge in [0.2, 0.25) is 0 Å². The Hall–Kier alpha value is -0.430. The SMILES string of the molecule is O=S(=O)(CCCN1CCNCC1)c1cccs1. The second-order valence-corrected chi connectivity index (χ2v) is 7.48. The Kier molecular flexibility index (Phi) is 4.55. The summed E-state index contributed by atoms with van der Waals surface area (Å²) >= 11 is 1.30. The molecule has 4 nitrogen and oxygen atoms in total. The third-order valence-corrected chi connectivity index (χ3v) is 6.19. The van der Waals surface area contributed by atoms with Crippen molar-refractivity contribution in [3.63, 3.8) is 0 Å². The maximum absolute atomic E-state index is 11.9. The molecule has 0 radical (unpaired) electrons. The zero-order valence-electron chi connectivity index (χ0n) is 9.76. The lowest BCUT2D eigenvalue weighted by molar-refractivity contribution is 0.242. The first-order valence-electron chi connectivity index (χ1n) is 5.88.